The number of hydrogen-bond acceptors (Lipinski definition) is 4. The summed E-state index contributed by atoms with van der Waals surface area (Å²) in [7, 11) is -3.65. The van der Waals surface area contributed by atoms with Crippen molar-refractivity contribution in [3.05, 3.63) is 73.1 Å². The Bertz CT molecular complexity index is 931. The van der Waals surface area contributed by atoms with Crippen LogP contribution in [0.5, 0.6) is 0 Å². The van der Waals surface area contributed by atoms with Gasteiger partial charge in [0, 0.05) is 19.0 Å². The van der Waals surface area contributed by atoms with Crippen molar-refractivity contribution in [3.8, 4) is 0 Å². The van der Waals surface area contributed by atoms with E-state index in [4.69, 9.17) is 0 Å². The van der Waals surface area contributed by atoms with Gasteiger partial charge in [0.1, 0.15) is 0 Å². The van der Waals surface area contributed by atoms with E-state index in [2.05, 4.69) is 18.1 Å². The maximum Gasteiger partial charge on any atom is 0.228 e. The second-order valence-electron chi connectivity index (χ2n) is 6.84. The summed E-state index contributed by atoms with van der Waals surface area (Å²) in [5, 5.41) is -0.0122. The minimum atomic E-state index is -3.65. The van der Waals surface area contributed by atoms with E-state index >= 15 is 0 Å². The third-order valence-corrected chi connectivity index (χ3v) is 5.79. The molecule has 0 bridgehead atoms. The predicted octanol–water partition coefficient (Wildman–Crippen LogP) is 3.21. The number of aromatic nitrogens is 2. The maximum absolute atomic E-state index is 12.9. The highest BCUT2D eigenvalue weighted by Gasteiger charge is 2.25. The van der Waals surface area contributed by atoms with Gasteiger partial charge in [0.2, 0.25) is 20.9 Å². The molecule has 150 valence electrons. The molecule has 0 aliphatic carbocycles. The fourth-order valence-electron chi connectivity index (χ4n) is 2.90. The number of amides is 1. The number of carbonyl (C=O) groups is 1. The van der Waals surface area contributed by atoms with E-state index in [1.54, 1.807) is 45.9 Å². The summed E-state index contributed by atoms with van der Waals surface area (Å²) >= 11 is 0. The molecule has 0 saturated heterocycles. The molecule has 0 saturated carbocycles. The maximum atomic E-state index is 12.9. The molecule has 0 fully saturated rings. The molecular formula is C21H27N3O3S. The summed E-state index contributed by atoms with van der Waals surface area (Å²) in [6.45, 7) is 12.0. The lowest BCUT2D eigenvalue weighted by molar-refractivity contribution is -0.134. The topological polar surface area (TPSA) is 72.3 Å². The quantitative estimate of drug-likeness (QED) is 0.573. The van der Waals surface area contributed by atoms with Crippen molar-refractivity contribution >= 4 is 15.7 Å². The Morgan fingerprint density at radius 1 is 1.21 bits per heavy atom. The molecule has 28 heavy (non-hydrogen) atoms. The van der Waals surface area contributed by atoms with Crippen LogP contribution in [0.4, 0.5) is 0 Å². The molecule has 7 heteroatoms. The van der Waals surface area contributed by atoms with Crippen LogP contribution in [0.3, 0.4) is 0 Å². The first kappa shape index (κ1) is 21.6. The molecular weight excluding hydrogens is 374 g/mol. The smallest absolute Gasteiger partial charge is 0.228 e. The van der Waals surface area contributed by atoms with Crippen molar-refractivity contribution in [2.24, 2.45) is 5.92 Å². The second-order valence-corrected chi connectivity index (χ2v) is 8.72. The van der Waals surface area contributed by atoms with Gasteiger partial charge >= 0.3 is 0 Å². The van der Waals surface area contributed by atoms with Gasteiger partial charge in [0.15, 0.2) is 0 Å². The van der Waals surface area contributed by atoms with Gasteiger partial charge < -0.3 is 9.47 Å². The van der Waals surface area contributed by atoms with Crippen LogP contribution in [-0.2, 0) is 33.5 Å². The first-order chi connectivity index (χ1) is 13.3. The van der Waals surface area contributed by atoms with Crippen molar-refractivity contribution in [3.63, 3.8) is 0 Å². The van der Waals surface area contributed by atoms with Crippen molar-refractivity contribution in [2.75, 3.05) is 6.54 Å². The minimum Gasteiger partial charge on any atom is -0.333 e. The first-order valence-electron chi connectivity index (χ1n) is 9.11. The molecule has 6 nitrogen and oxygen atoms in total. The molecule has 0 radical (unpaired) electrons. The van der Waals surface area contributed by atoms with E-state index in [1.807, 2.05) is 19.9 Å². The lowest BCUT2D eigenvalue weighted by Crippen LogP contribution is -2.34. The van der Waals surface area contributed by atoms with E-state index < -0.39 is 9.84 Å². The van der Waals surface area contributed by atoms with Crippen molar-refractivity contribution in [1.82, 2.24) is 14.5 Å². The average Bonchev–Trinajstić information content (AvgIpc) is 3.05. The molecule has 0 spiro atoms. The summed E-state index contributed by atoms with van der Waals surface area (Å²) in [5.74, 6) is -0.333. The summed E-state index contributed by atoms with van der Waals surface area (Å²) in [4.78, 5) is 18.3. The number of imidazole rings is 1. The molecule has 0 aliphatic rings. The molecule has 0 atom stereocenters. The second kappa shape index (κ2) is 9.50. The lowest BCUT2D eigenvalue weighted by Gasteiger charge is -2.23. The van der Waals surface area contributed by atoms with Gasteiger partial charge in [-0.25, -0.2) is 13.4 Å². The van der Waals surface area contributed by atoms with E-state index in [-0.39, 0.29) is 35.8 Å². The van der Waals surface area contributed by atoms with Crippen LogP contribution in [0.25, 0.3) is 0 Å². The fraction of sp³-hybridized carbons (Fsp3) is 0.333. The number of benzene rings is 1. The fourth-order valence-corrected chi connectivity index (χ4v) is 4.40. The number of hydrogen-bond donors (Lipinski definition) is 0. The Morgan fingerprint density at radius 2 is 1.89 bits per heavy atom. The summed E-state index contributed by atoms with van der Waals surface area (Å²) < 4.78 is 27.5. The number of rotatable bonds is 10. The Balaban J connectivity index is 2.38. The zero-order chi connectivity index (χ0) is 20.7. The Morgan fingerprint density at radius 3 is 2.46 bits per heavy atom. The zero-order valence-corrected chi connectivity index (χ0v) is 17.2. The summed E-state index contributed by atoms with van der Waals surface area (Å²) in [5.41, 5.74) is 1.34. The van der Waals surface area contributed by atoms with E-state index in [9.17, 15) is 13.2 Å². The van der Waals surface area contributed by atoms with Crippen molar-refractivity contribution in [1.29, 1.82) is 0 Å². The van der Waals surface area contributed by atoms with Crippen LogP contribution < -0.4 is 0 Å². The number of nitrogens with zero attached hydrogens (tertiary/aromatic N) is 3. The van der Waals surface area contributed by atoms with E-state index in [1.165, 1.54) is 6.20 Å². The molecule has 2 aromatic rings. The monoisotopic (exact) mass is 401 g/mol. The van der Waals surface area contributed by atoms with Gasteiger partial charge in [-0.05, 0) is 5.56 Å². The summed E-state index contributed by atoms with van der Waals surface area (Å²) in [6.07, 6.45) is 4.79. The molecule has 1 amide bonds. The van der Waals surface area contributed by atoms with E-state index in [0.717, 1.165) is 0 Å². The molecule has 1 aromatic carbocycles. The standard InChI is InChI=1S/C21H27N3O3S/c1-5-12-23(20(25)17(3)4)15-19-14-22-21(24(19)13-6-2)28(26,27)16-18-10-8-7-9-11-18/h5-11,14,17H,1-2,12-13,15-16H2,3-4H3. The van der Waals surface area contributed by atoms with Crippen LogP contribution in [-0.4, -0.2) is 35.3 Å². The van der Waals surface area contributed by atoms with Crippen LogP contribution in [0, 0.1) is 5.92 Å². The normalized spacial score (nSPS) is 11.4. The molecule has 2 rings (SSSR count). The van der Waals surface area contributed by atoms with Gasteiger partial charge in [0.05, 0.1) is 24.2 Å². The van der Waals surface area contributed by atoms with Crippen LogP contribution >= 0.6 is 0 Å². The number of carbonyl (C=O) groups excluding carboxylic acids is 1. The lowest BCUT2D eigenvalue weighted by atomic mass is 10.2. The summed E-state index contributed by atoms with van der Waals surface area (Å²) in [6, 6.07) is 8.99. The largest absolute Gasteiger partial charge is 0.333 e. The highest BCUT2D eigenvalue weighted by molar-refractivity contribution is 7.90. The van der Waals surface area contributed by atoms with Gasteiger partial charge in [0.25, 0.3) is 0 Å². The zero-order valence-electron chi connectivity index (χ0n) is 16.4. The average molecular weight is 402 g/mol. The third kappa shape index (κ3) is 5.19. The molecule has 1 aromatic heterocycles. The third-order valence-electron chi connectivity index (χ3n) is 4.20. The predicted molar refractivity (Wildman–Crippen MR) is 110 cm³/mol. The highest BCUT2D eigenvalue weighted by atomic mass is 32.2. The Hall–Kier alpha value is -2.67. The molecule has 0 aliphatic heterocycles. The number of allylic oxidation sites excluding steroid dienone is 1. The van der Waals surface area contributed by atoms with Crippen molar-refractivity contribution < 1.29 is 13.2 Å². The Kier molecular flexibility index (Phi) is 7.34. The van der Waals surface area contributed by atoms with Crippen LogP contribution in [0.15, 0.2) is 67.0 Å². The molecule has 1 heterocycles. The SMILES string of the molecule is C=CCN(Cc1cnc(S(=O)(=O)Cc2ccccc2)n1CC=C)C(=O)C(C)C. The van der Waals surface area contributed by atoms with Gasteiger partial charge in [-0.3, -0.25) is 4.79 Å². The first-order valence-corrected chi connectivity index (χ1v) is 10.8. The molecule has 0 unspecified atom stereocenters. The van der Waals surface area contributed by atoms with Crippen LogP contribution in [0.2, 0.25) is 0 Å². The van der Waals surface area contributed by atoms with Crippen LogP contribution in [0.1, 0.15) is 25.1 Å². The number of sulfone groups is 1. The van der Waals surface area contributed by atoms with Gasteiger partial charge in [-0.2, -0.15) is 0 Å². The van der Waals surface area contributed by atoms with Gasteiger partial charge in [-0.1, -0.05) is 56.3 Å². The van der Waals surface area contributed by atoms with Crippen molar-refractivity contribution in [2.45, 2.75) is 37.8 Å². The molecule has 0 N–H and O–H groups in total. The Labute approximate surface area is 167 Å². The van der Waals surface area contributed by atoms with Gasteiger partial charge in [-0.15, -0.1) is 13.2 Å². The minimum absolute atomic E-state index is 0.0122. The highest BCUT2D eigenvalue weighted by Crippen LogP contribution is 2.19. The van der Waals surface area contributed by atoms with E-state index in [0.29, 0.717) is 17.8 Å².